The molecule has 0 bridgehead atoms. The number of halogens is 3. The Hall–Kier alpha value is -0.860. The van der Waals surface area contributed by atoms with E-state index in [-0.39, 0.29) is 18.7 Å². The molecule has 19 heavy (non-hydrogen) atoms. The maximum Gasteiger partial charge on any atom is 0.255 e. The minimum absolute atomic E-state index is 0.162. The predicted molar refractivity (Wildman–Crippen MR) is 78.2 cm³/mol. The highest BCUT2D eigenvalue weighted by atomic mass is 127. The first-order valence-corrected chi connectivity index (χ1v) is 6.98. The van der Waals surface area contributed by atoms with Gasteiger partial charge < -0.3 is 4.90 Å². The third-order valence-corrected chi connectivity index (χ3v) is 4.46. The first kappa shape index (κ1) is 14.5. The summed E-state index contributed by atoms with van der Waals surface area (Å²) >= 11 is 13.7. The number of imide groups is 1. The number of rotatable bonds is 1. The van der Waals surface area contributed by atoms with Crippen molar-refractivity contribution in [2.45, 2.75) is 0 Å². The lowest BCUT2D eigenvalue weighted by Gasteiger charge is -2.26. The zero-order valence-corrected chi connectivity index (χ0v) is 13.0. The van der Waals surface area contributed by atoms with E-state index in [0.29, 0.717) is 13.6 Å². The molecule has 0 unspecified atom stereocenters. The summed E-state index contributed by atoms with van der Waals surface area (Å²) in [5, 5.41) is 2.80. The van der Waals surface area contributed by atoms with Gasteiger partial charge in [-0.1, -0.05) is 23.2 Å². The maximum absolute atomic E-state index is 12.3. The van der Waals surface area contributed by atoms with Crippen LogP contribution in [0.15, 0.2) is 12.1 Å². The Morgan fingerprint density at radius 2 is 1.79 bits per heavy atom. The van der Waals surface area contributed by atoms with Crippen LogP contribution in [0.2, 0.25) is 10.0 Å². The van der Waals surface area contributed by atoms with Crippen LogP contribution in [0.25, 0.3) is 0 Å². The van der Waals surface area contributed by atoms with Gasteiger partial charge in [0, 0.05) is 8.59 Å². The number of benzene rings is 1. The highest BCUT2D eigenvalue weighted by Crippen LogP contribution is 2.27. The Morgan fingerprint density at radius 1 is 1.21 bits per heavy atom. The lowest BCUT2D eigenvalue weighted by Crippen LogP contribution is -2.53. The molecule has 8 heteroatoms. The second kappa shape index (κ2) is 5.64. The van der Waals surface area contributed by atoms with Gasteiger partial charge in [-0.15, -0.1) is 0 Å². The highest BCUT2D eigenvalue weighted by Gasteiger charge is 2.28. The van der Waals surface area contributed by atoms with Gasteiger partial charge in [-0.2, -0.15) is 0 Å². The van der Waals surface area contributed by atoms with E-state index in [4.69, 9.17) is 23.2 Å². The molecule has 1 aromatic carbocycles. The minimum atomic E-state index is -0.507. The summed E-state index contributed by atoms with van der Waals surface area (Å²) in [7, 11) is 0. The van der Waals surface area contributed by atoms with Crippen LogP contribution in [0, 0.1) is 3.57 Å². The lowest BCUT2D eigenvalue weighted by atomic mass is 10.2. The summed E-state index contributed by atoms with van der Waals surface area (Å²) in [4.78, 5) is 36.0. The number of carbonyl (C=O) groups is 3. The third-order valence-electron chi connectivity index (χ3n) is 2.46. The largest absolute Gasteiger partial charge is 0.320 e. The molecule has 1 fully saturated rings. The van der Waals surface area contributed by atoms with E-state index in [1.165, 1.54) is 12.1 Å². The lowest BCUT2D eigenvalue weighted by molar-refractivity contribution is -0.135. The molecule has 0 radical (unpaired) electrons. The highest BCUT2D eigenvalue weighted by molar-refractivity contribution is 14.1. The van der Waals surface area contributed by atoms with Gasteiger partial charge in [0.2, 0.25) is 11.8 Å². The summed E-state index contributed by atoms with van der Waals surface area (Å²) in [6.07, 6.45) is 0. The van der Waals surface area contributed by atoms with Crippen molar-refractivity contribution < 1.29 is 14.4 Å². The number of hydrogen-bond acceptors (Lipinski definition) is 3. The van der Waals surface area contributed by atoms with Crippen molar-refractivity contribution in [1.82, 2.24) is 10.2 Å². The summed E-state index contributed by atoms with van der Waals surface area (Å²) in [6, 6.07) is 2.99. The Labute approximate surface area is 132 Å². The van der Waals surface area contributed by atoms with E-state index in [2.05, 4.69) is 5.32 Å². The van der Waals surface area contributed by atoms with Crippen molar-refractivity contribution in [3.63, 3.8) is 0 Å². The van der Waals surface area contributed by atoms with Crippen LogP contribution >= 0.6 is 45.8 Å². The fraction of sp³-hybridized carbons (Fsp3) is 0.182. The fourth-order valence-electron chi connectivity index (χ4n) is 1.66. The second-order valence-corrected chi connectivity index (χ2v) is 5.80. The average Bonchev–Trinajstić information content (AvgIpc) is 2.31. The van der Waals surface area contributed by atoms with Crippen LogP contribution in [0.4, 0.5) is 0 Å². The Kier molecular flexibility index (Phi) is 4.32. The maximum atomic E-state index is 12.3. The van der Waals surface area contributed by atoms with E-state index in [1.54, 1.807) is 0 Å². The van der Waals surface area contributed by atoms with Crippen molar-refractivity contribution in [2.75, 3.05) is 13.1 Å². The normalized spacial score (nSPS) is 15.4. The molecule has 3 amide bonds. The molecular formula is C11H7Cl2IN2O3. The van der Waals surface area contributed by atoms with Gasteiger partial charge >= 0.3 is 0 Å². The minimum Gasteiger partial charge on any atom is -0.320 e. The molecule has 5 nitrogen and oxygen atoms in total. The van der Waals surface area contributed by atoms with Crippen molar-refractivity contribution in [1.29, 1.82) is 0 Å². The molecule has 1 saturated heterocycles. The molecule has 0 aliphatic carbocycles. The Morgan fingerprint density at radius 3 is 2.37 bits per heavy atom. The number of piperazine rings is 1. The molecule has 0 atom stereocenters. The number of nitrogens with one attached hydrogen (secondary N) is 1. The third kappa shape index (κ3) is 3.18. The van der Waals surface area contributed by atoms with Gasteiger partial charge in [0.05, 0.1) is 10.6 Å². The second-order valence-electron chi connectivity index (χ2n) is 3.88. The van der Waals surface area contributed by atoms with Crippen LogP contribution in [0.1, 0.15) is 10.4 Å². The van der Waals surface area contributed by atoms with Crippen LogP contribution in [0.3, 0.4) is 0 Å². The Bertz CT molecular complexity index is 576. The number of nitrogens with zero attached hydrogens (tertiary/aromatic N) is 1. The zero-order valence-electron chi connectivity index (χ0n) is 9.37. The first-order chi connectivity index (χ1) is 8.88. The summed E-state index contributed by atoms with van der Waals surface area (Å²) in [6.45, 7) is -0.324. The molecule has 0 aromatic heterocycles. The molecular weight excluding hydrogens is 406 g/mol. The molecule has 0 spiro atoms. The van der Waals surface area contributed by atoms with Crippen molar-refractivity contribution in [3.05, 3.63) is 31.3 Å². The fourth-order valence-corrected chi connectivity index (χ4v) is 2.70. The van der Waals surface area contributed by atoms with Crippen LogP contribution in [-0.4, -0.2) is 35.7 Å². The monoisotopic (exact) mass is 412 g/mol. The van der Waals surface area contributed by atoms with Gasteiger partial charge in [-0.25, -0.2) is 0 Å². The van der Waals surface area contributed by atoms with Crippen LogP contribution < -0.4 is 5.32 Å². The molecule has 100 valence electrons. The van der Waals surface area contributed by atoms with Gasteiger partial charge in [-0.3, -0.25) is 19.7 Å². The summed E-state index contributed by atoms with van der Waals surface area (Å²) in [5.74, 6) is -1.46. The van der Waals surface area contributed by atoms with Crippen molar-refractivity contribution in [2.24, 2.45) is 0 Å². The van der Waals surface area contributed by atoms with Gasteiger partial charge in [0.1, 0.15) is 13.1 Å². The van der Waals surface area contributed by atoms with Crippen LogP contribution in [0.5, 0.6) is 0 Å². The summed E-state index contributed by atoms with van der Waals surface area (Å²) < 4.78 is 0.534. The van der Waals surface area contributed by atoms with E-state index in [9.17, 15) is 14.4 Å². The Balaban J connectivity index is 2.34. The van der Waals surface area contributed by atoms with Crippen molar-refractivity contribution in [3.8, 4) is 0 Å². The van der Waals surface area contributed by atoms with Gasteiger partial charge in [-0.05, 0) is 34.7 Å². The van der Waals surface area contributed by atoms with Gasteiger partial charge in [0.25, 0.3) is 5.91 Å². The number of carbonyl (C=O) groups excluding carboxylic acids is 3. The molecule has 1 heterocycles. The smallest absolute Gasteiger partial charge is 0.255 e. The van der Waals surface area contributed by atoms with Crippen molar-refractivity contribution >= 4 is 63.5 Å². The average molecular weight is 413 g/mol. The standard InChI is InChI=1S/C11H7Cl2IN2O3/c12-5-1-6(10(14)7(13)2-5)11(19)16-3-8(17)15-9(18)4-16/h1-2H,3-4H2,(H,15,17,18). The van der Waals surface area contributed by atoms with E-state index in [0.717, 1.165) is 4.90 Å². The van der Waals surface area contributed by atoms with E-state index >= 15 is 0 Å². The van der Waals surface area contributed by atoms with E-state index < -0.39 is 17.7 Å². The molecule has 2 rings (SSSR count). The zero-order chi connectivity index (χ0) is 14.2. The van der Waals surface area contributed by atoms with Gasteiger partial charge in [0.15, 0.2) is 0 Å². The molecule has 0 saturated carbocycles. The predicted octanol–water partition coefficient (Wildman–Crippen LogP) is 1.70. The molecule has 1 aliphatic heterocycles. The summed E-state index contributed by atoms with van der Waals surface area (Å²) in [5.41, 5.74) is 0.278. The quantitative estimate of drug-likeness (QED) is 0.433. The topological polar surface area (TPSA) is 66.5 Å². The molecule has 1 aromatic rings. The number of hydrogen-bond donors (Lipinski definition) is 1. The van der Waals surface area contributed by atoms with Crippen LogP contribution in [-0.2, 0) is 9.59 Å². The molecule has 1 N–H and O–H groups in total. The number of amides is 3. The van der Waals surface area contributed by atoms with E-state index in [1.807, 2.05) is 22.6 Å². The molecule has 1 aliphatic rings. The first-order valence-electron chi connectivity index (χ1n) is 5.15. The SMILES string of the molecule is O=C1CN(C(=O)c2cc(Cl)cc(Cl)c2I)CC(=O)N1.